The van der Waals surface area contributed by atoms with Crippen LogP contribution in [0.15, 0.2) is 0 Å². The van der Waals surface area contributed by atoms with Crippen molar-refractivity contribution in [1.82, 2.24) is 11.1 Å². The molecule has 0 bridgehead atoms. The molecule has 0 spiro atoms. The van der Waals surface area contributed by atoms with Gasteiger partial charge in [0.15, 0.2) is 5.11 Å². The molecule has 0 saturated heterocycles. The highest BCUT2D eigenvalue weighted by Crippen LogP contribution is 1.72. The van der Waals surface area contributed by atoms with Crippen molar-refractivity contribution < 1.29 is 9.90 Å². The van der Waals surface area contributed by atoms with Gasteiger partial charge in [0, 0.05) is 0 Å². The lowest BCUT2D eigenvalue weighted by Crippen LogP contribution is -2.43. The fraction of sp³-hybridized carbons (Fsp3) is 0.333. The van der Waals surface area contributed by atoms with Gasteiger partial charge in [-0.25, -0.2) is 0 Å². The van der Waals surface area contributed by atoms with Crippen molar-refractivity contribution in [1.29, 1.82) is 0 Å². The highest BCUT2D eigenvalue weighted by Gasteiger charge is 2.09. The van der Waals surface area contributed by atoms with Gasteiger partial charge in [-0.3, -0.25) is 10.5 Å². The second-order valence-corrected chi connectivity index (χ2v) is 1.72. The van der Waals surface area contributed by atoms with E-state index in [1.165, 1.54) is 0 Å². The third-order valence-electron chi connectivity index (χ3n) is 0.527. The molecule has 0 aromatic heterocycles. The molecule has 51 valence electrons. The molecule has 6 heteroatoms. The minimum atomic E-state index is -1.59. The number of carbonyl (C=O) groups is 1. The number of hydrogen-bond donors (Lipinski definition) is 3. The first kappa shape index (κ1) is 8.12. The summed E-state index contributed by atoms with van der Waals surface area (Å²) in [5.41, 5.74) is 11.2. The van der Waals surface area contributed by atoms with E-state index in [0.29, 0.717) is 0 Å². The summed E-state index contributed by atoms with van der Waals surface area (Å²) in [6.45, 7) is 0. The second-order valence-electron chi connectivity index (χ2n) is 1.28. The summed E-state index contributed by atoms with van der Waals surface area (Å²) in [6, 6.07) is 0. The predicted octanol–water partition coefficient (Wildman–Crippen LogP) is -2.05. The Kier molecular flexibility index (Phi) is 2.89. The fourth-order valence-corrected chi connectivity index (χ4v) is 0.312. The number of carbonyl (C=O) groups excluding carboxylic acids is 1. The van der Waals surface area contributed by atoms with Crippen LogP contribution in [0.25, 0.3) is 0 Å². The van der Waals surface area contributed by atoms with Gasteiger partial charge < -0.3 is 16.2 Å². The van der Waals surface area contributed by atoms with E-state index < -0.39 is 12.1 Å². The molecule has 0 aliphatic carbocycles. The van der Waals surface area contributed by atoms with Gasteiger partial charge in [-0.2, -0.15) is 0 Å². The van der Waals surface area contributed by atoms with Crippen LogP contribution in [0.4, 0.5) is 0 Å². The van der Waals surface area contributed by atoms with Crippen LogP contribution in [-0.2, 0) is 4.79 Å². The molecule has 0 aliphatic rings. The van der Waals surface area contributed by atoms with E-state index in [1.54, 1.807) is 0 Å². The Labute approximate surface area is 57.0 Å². The van der Waals surface area contributed by atoms with E-state index >= 15 is 0 Å². The van der Waals surface area contributed by atoms with Crippen LogP contribution in [0.3, 0.4) is 0 Å². The summed E-state index contributed by atoms with van der Waals surface area (Å²) in [7, 11) is 0. The molecule has 9 heavy (non-hydrogen) atoms. The van der Waals surface area contributed by atoms with E-state index in [1.807, 2.05) is 5.32 Å². The minimum Gasteiger partial charge on any atom is -0.376 e. The summed E-state index contributed by atoms with van der Waals surface area (Å²) >= 11 is 4.26. The van der Waals surface area contributed by atoms with Crippen LogP contribution in [0, 0.1) is 0 Å². The van der Waals surface area contributed by atoms with Gasteiger partial charge in [0.2, 0.25) is 6.23 Å². The summed E-state index contributed by atoms with van der Waals surface area (Å²) in [4.78, 5) is 9.92. The molecule has 1 amide bonds. The molecular weight excluding hydrogens is 142 g/mol. The molecule has 5 N–H and O–H groups in total. The van der Waals surface area contributed by atoms with Crippen molar-refractivity contribution in [2.45, 2.75) is 6.23 Å². The maximum atomic E-state index is 9.92. The zero-order valence-corrected chi connectivity index (χ0v) is 5.23. The van der Waals surface area contributed by atoms with Crippen LogP contribution in [-0.4, -0.2) is 22.4 Å². The van der Waals surface area contributed by atoms with Gasteiger partial charge >= 0.3 is 0 Å². The summed E-state index contributed by atoms with van der Waals surface area (Å²) in [5, 5.41) is 10.2. The van der Waals surface area contributed by atoms with Gasteiger partial charge in [-0.05, 0) is 12.2 Å². The number of nitrogens with one attached hydrogen (secondary N) is 2. The Bertz CT molecular complexity index is 137. The molecule has 0 aliphatic heterocycles. The molecule has 0 aromatic rings. The predicted molar refractivity (Wildman–Crippen MR) is 34.0 cm³/mol. The normalized spacial score (nSPS) is 12.1. The Hall–Kier alpha value is -0.880. The summed E-state index contributed by atoms with van der Waals surface area (Å²) in [6.07, 6.45) is -1.59. The van der Waals surface area contributed by atoms with Crippen molar-refractivity contribution in [2.24, 2.45) is 5.73 Å². The SMILES string of the molecule is [NH]C(=O)C(O)NC(N)=S. The molecule has 0 saturated carbocycles. The molecule has 5 nitrogen and oxygen atoms in total. The number of aliphatic hydroxyl groups excluding tert-OH is 1. The van der Waals surface area contributed by atoms with Crippen LogP contribution in [0.5, 0.6) is 0 Å². The molecule has 1 unspecified atom stereocenters. The topological polar surface area (TPSA) is 99.2 Å². The van der Waals surface area contributed by atoms with E-state index in [-0.39, 0.29) is 5.11 Å². The molecule has 0 fully saturated rings. The Morgan fingerprint density at radius 1 is 1.89 bits per heavy atom. The van der Waals surface area contributed by atoms with Crippen molar-refractivity contribution in [3.63, 3.8) is 0 Å². The first-order chi connectivity index (χ1) is 4.04. The molecule has 1 radical (unpaired) electrons. The smallest absolute Gasteiger partial charge is 0.288 e. The highest BCUT2D eigenvalue weighted by molar-refractivity contribution is 7.80. The first-order valence-corrected chi connectivity index (χ1v) is 2.44. The zero-order chi connectivity index (χ0) is 7.44. The molecule has 0 heterocycles. The standard InChI is InChI=1S/C3H6N3O2S/c4-1(7)2(8)6-3(5)9/h2,4,8H,(H3,5,6,9). The third kappa shape index (κ3) is 3.68. The van der Waals surface area contributed by atoms with Crippen LogP contribution < -0.4 is 16.8 Å². The van der Waals surface area contributed by atoms with Gasteiger partial charge in [0.1, 0.15) is 0 Å². The Balaban J connectivity index is 3.63. The maximum Gasteiger partial charge on any atom is 0.288 e. The van der Waals surface area contributed by atoms with Crippen LogP contribution in [0.1, 0.15) is 0 Å². The lowest BCUT2D eigenvalue weighted by molar-refractivity contribution is -0.127. The van der Waals surface area contributed by atoms with E-state index in [0.717, 1.165) is 0 Å². The average molecular weight is 148 g/mol. The summed E-state index contributed by atoms with van der Waals surface area (Å²) in [5.74, 6) is -1.16. The number of rotatable bonds is 2. The first-order valence-electron chi connectivity index (χ1n) is 2.03. The molecule has 0 aromatic carbocycles. The van der Waals surface area contributed by atoms with Crippen molar-refractivity contribution >= 4 is 23.2 Å². The van der Waals surface area contributed by atoms with Gasteiger partial charge in [-0.15, -0.1) is 0 Å². The second kappa shape index (κ2) is 3.21. The summed E-state index contributed by atoms with van der Waals surface area (Å²) < 4.78 is 0. The number of amides is 1. The number of hydrogen-bond acceptors (Lipinski definition) is 3. The maximum absolute atomic E-state index is 9.92. The lowest BCUT2D eigenvalue weighted by atomic mass is 10.5. The van der Waals surface area contributed by atoms with Crippen molar-refractivity contribution in [3.8, 4) is 0 Å². The zero-order valence-electron chi connectivity index (χ0n) is 4.42. The van der Waals surface area contributed by atoms with E-state index in [9.17, 15) is 4.79 Å². The van der Waals surface area contributed by atoms with Gasteiger partial charge in [0.05, 0.1) is 0 Å². The lowest BCUT2D eigenvalue weighted by Gasteiger charge is -2.05. The Morgan fingerprint density at radius 3 is 2.44 bits per heavy atom. The highest BCUT2D eigenvalue weighted by atomic mass is 32.1. The quantitative estimate of drug-likeness (QED) is 0.309. The van der Waals surface area contributed by atoms with Gasteiger partial charge in [0.25, 0.3) is 5.91 Å². The van der Waals surface area contributed by atoms with Crippen molar-refractivity contribution in [3.05, 3.63) is 0 Å². The molecule has 1 atom stereocenters. The van der Waals surface area contributed by atoms with Crippen molar-refractivity contribution in [2.75, 3.05) is 0 Å². The fourth-order valence-electron chi connectivity index (χ4n) is 0.200. The molecule has 0 rings (SSSR count). The number of aliphatic hydroxyl groups is 1. The van der Waals surface area contributed by atoms with Crippen LogP contribution >= 0.6 is 12.2 Å². The monoisotopic (exact) mass is 148 g/mol. The van der Waals surface area contributed by atoms with Crippen LogP contribution in [0.2, 0.25) is 0 Å². The van der Waals surface area contributed by atoms with Gasteiger partial charge in [-0.1, -0.05) is 0 Å². The Morgan fingerprint density at radius 2 is 2.33 bits per heavy atom. The minimum absolute atomic E-state index is 0.205. The number of nitrogens with two attached hydrogens (primary N) is 1. The molecular formula is C3H6N3O2S. The third-order valence-corrected chi connectivity index (χ3v) is 0.645. The van der Waals surface area contributed by atoms with E-state index in [2.05, 4.69) is 12.2 Å². The number of thiocarbonyl (C=S) groups is 1. The largest absolute Gasteiger partial charge is 0.376 e. The average Bonchev–Trinajstić information content (AvgIpc) is 1.63. The van der Waals surface area contributed by atoms with E-state index in [4.69, 9.17) is 16.6 Å².